The van der Waals surface area contributed by atoms with Gasteiger partial charge in [-0.15, -0.1) is 0 Å². The monoisotopic (exact) mass is 212 g/mol. The highest BCUT2D eigenvalue weighted by Crippen LogP contribution is 2.34. The maximum Gasteiger partial charge on any atom is 0.0721 e. The second-order valence-electron chi connectivity index (χ2n) is 5.08. The third-order valence-corrected chi connectivity index (χ3v) is 3.88. The summed E-state index contributed by atoms with van der Waals surface area (Å²) in [7, 11) is 2.21. The minimum Gasteiger partial charge on any atom is -0.375 e. The van der Waals surface area contributed by atoms with Crippen LogP contribution in [-0.2, 0) is 4.74 Å². The molecule has 2 rings (SSSR count). The van der Waals surface area contributed by atoms with Crippen LogP contribution in [0.4, 0.5) is 0 Å². The smallest absolute Gasteiger partial charge is 0.0721 e. The molecule has 1 spiro atoms. The molecule has 2 aliphatic rings. The summed E-state index contributed by atoms with van der Waals surface area (Å²) in [5.41, 5.74) is 0.206. The van der Waals surface area contributed by atoms with E-state index in [1.165, 1.54) is 38.8 Å². The van der Waals surface area contributed by atoms with Gasteiger partial charge in [-0.3, -0.25) is 0 Å². The zero-order valence-corrected chi connectivity index (χ0v) is 10.1. The second kappa shape index (κ2) is 4.81. The normalized spacial score (nSPS) is 32.0. The number of likely N-dealkylation sites (tertiary alicyclic amines) is 1. The Balaban J connectivity index is 1.90. The van der Waals surface area contributed by atoms with Gasteiger partial charge in [-0.1, -0.05) is 6.92 Å². The molecule has 0 aliphatic carbocycles. The van der Waals surface area contributed by atoms with Crippen molar-refractivity contribution in [3.05, 3.63) is 0 Å². The first-order valence-corrected chi connectivity index (χ1v) is 6.30. The molecule has 0 saturated carbocycles. The van der Waals surface area contributed by atoms with Crippen LogP contribution >= 0.6 is 0 Å². The van der Waals surface area contributed by atoms with E-state index in [1.807, 2.05) is 0 Å². The summed E-state index contributed by atoms with van der Waals surface area (Å²) in [6.45, 7) is 6.61. The Morgan fingerprint density at radius 2 is 2.13 bits per heavy atom. The van der Waals surface area contributed by atoms with Crippen molar-refractivity contribution in [2.45, 2.75) is 44.2 Å². The summed E-state index contributed by atoms with van der Waals surface area (Å²) in [6, 6.07) is 0.687. The van der Waals surface area contributed by atoms with Gasteiger partial charge in [0.15, 0.2) is 0 Å². The molecule has 0 unspecified atom stereocenters. The van der Waals surface area contributed by atoms with E-state index in [0.29, 0.717) is 6.04 Å². The molecule has 2 heterocycles. The zero-order valence-electron chi connectivity index (χ0n) is 10.1. The number of hydrogen-bond acceptors (Lipinski definition) is 3. The summed E-state index contributed by atoms with van der Waals surface area (Å²) >= 11 is 0. The Morgan fingerprint density at radius 3 is 2.80 bits per heavy atom. The number of piperidine rings is 1. The molecule has 0 radical (unpaired) electrons. The fraction of sp³-hybridized carbons (Fsp3) is 1.00. The Morgan fingerprint density at radius 1 is 1.40 bits per heavy atom. The highest BCUT2D eigenvalue weighted by atomic mass is 16.5. The van der Waals surface area contributed by atoms with Crippen LogP contribution in [0.25, 0.3) is 0 Å². The molecule has 88 valence electrons. The molecule has 2 aliphatic heterocycles. The van der Waals surface area contributed by atoms with E-state index in [2.05, 4.69) is 24.2 Å². The molecule has 2 saturated heterocycles. The van der Waals surface area contributed by atoms with Gasteiger partial charge >= 0.3 is 0 Å². The number of nitrogens with zero attached hydrogens (tertiary/aromatic N) is 1. The molecule has 0 aromatic heterocycles. The van der Waals surface area contributed by atoms with Crippen molar-refractivity contribution >= 4 is 0 Å². The van der Waals surface area contributed by atoms with E-state index in [0.717, 1.165) is 13.2 Å². The molecule has 0 bridgehead atoms. The van der Waals surface area contributed by atoms with Crippen LogP contribution < -0.4 is 5.32 Å². The first-order valence-electron chi connectivity index (χ1n) is 6.30. The fourth-order valence-electron chi connectivity index (χ4n) is 2.87. The number of rotatable bonds is 2. The second-order valence-corrected chi connectivity index (χ2v) is 5.08. The molecular formula is C12H24N2O. The maximum atomic E-state index is 6.06. The average molecular weight is 212 g/mol. The van der Waals surface area contributed by atoms with Crippen molar-refractivity contribution in [2.75, 3.05) is 33.3 Å². The molecule has 1 atom stereocenters. The van der Waals surface area contributed by atoms with Crippen molar-refractivity contribution < 1.29 is 4.74 Å². The van der Waals surface area contributed by atoms with Gasteiger partial charge in [0, 0.05) is 25.7 Å². The van der Waals surface area contributed by atoms with Gasteiger partial charge in [0.25, 0.3) is 0 Å². The van der Waals surface area contributed by atoms with E-state index in [4.69, 9.17) is 4.74 Å². The Hall–Kier alpha value is -0.120. The Bertz CT molecular complexity index is 198. The summed E-state index contributed by atoms with van der Waals surface area (Å²) < 4.78 is 6.06. The first-order chi connectivity index (χ1) is 7.24. The van der Waals surface area contributed by atoms with Crippen LogP contribution in [0, 0.1) is 0 Å². The number of ether oxygens (including phenoxy) is 1. The standard InChI is InChI=1S/C12H24N2O/c1-3-13-11-4-9-15-12(10-11)5-7-14(2)8-6-12/h11,13H,3-10H2,1-2H3/t11-/m1/s1. The molecule has 0 amide bonds. The highest BCUT2D eigenvalue weighted by molar-refractivity contribution is 4.93. The Labute approximate surface area is 93.2 Å². The molecule has 2 fully saturated rings. The van der Waals surface area contributed by atoms with Crippen molar-refractivity contribution in [1.29, 1.82) is 0 Å². The van der Waals surface area contributed by atoms with E-state index in [-0.39, 0.29) is 5.60 Å². The first kappa shape index (κ1) is 11.4. The van der Waals surface area contributed by atoms with Crippen LogP contribution in [0.2, 0.25) is 0 Å². The van der Waals surface area contributed by atoms with Gasteiger partial charge in [-0.2, -0.15) is 0 Å². The molecule has 3 nitrogen and oxygen atoms in total. The lowest BCUT2D eigenvalue weighted by Gasteiger charge is -2.45. The van der Waals surface area contributed by atoms with Crippen LogP contribution in [0.15, 0.2) is 0 Å². The summed E-state index contributed by atoms with van der Waals surface area (Å²) in [5, 5.41) is 3.57. The summed E-state index contributed by atoms with van der Waals surface area (Å²) in [6.07, 6.45) is 4.83. The SMILES string of the molecule is CCN[C@@H]1CCOC2(CCN(C)CC2)C1. The number of hydrogen-bond donors (Lipinski definition) is 1. The predicted molar refractivity (Wildman–Crippen MR) is 62.1 cm³/mol. The zero-order chi connectivity index (χ0) is 10.7. The molecule has 15 heavy (non-hydrogen) atoms. The summed E-state index contributed by atoms with van der Waals surface area (Å²) in [4.78, 5) is 2.41. The van der Waals surface area contributed by atoms with Gasteiger partial charge in [-0.05, 0) is 39.3 Å². The minimum absolute atomic E-state index is 0.206. The third kappa shape index (κ3) is 2.71. The molecular weight excluding hydrogens is 188 g/mol. The fourth-order valence-corrected chi connectivity index (χ4v) is 2.87. The van der Waals surface area contributed by atoms with Gasteiger partial charge in [0.05, 0.1) is 5.60 Å². The van der Waals surface area contributed by atoms with Crippen LogP contribution in [-0.4, -0.2) is 49.8 Å². The summed E-state index contributed by atoms with van der Waals surface area (Å²) in [5.74, 6) is 0. The maximum absolute atomic E-state index is 6.06. The molecule has 0 aromatic carbocycles. The van der Waals surface area contributed by atoms with E-state index < -0.39 is 0 Å². The number of nitrogens with one attached hydrogen (secondary N) is 1. The quantitative estimate of drug-likeness (QED) is 0.745. The van der Waals surface area contributed by atoms with Crippen molar-refractivity contribution in [3.8, 4) is 0 Å². The average Bonchev–Trinajstić information content (AvgIpc) is 2.24. The Kier molecular flexibility index (Phi) is 3.65. The van der Waals surface area contributed by atoms with E-state index >= 15 is 0 Å². The van der Waals surface area contributed by atoms with E-state index in [9.17, 15) is 0 Å². The van der Waals surface area contributed by atoms with Gasteiger partial charge in [-0.25, -0.2) is 0 Å². The minimum atomic E-state index is 0.206. The third-order valence-electron chi connectivity index (χ3n) is 3.88. The van der Waals surface area contributed by atoms with Crippen molar-refractivity contribution in [1.82, 2.24) is 10.2 Å². The predicted octanol–water partition coefficient (Wildman–Crippen LogP) is 1.24. The molecule has 3 heteroatoms. The molecule has 0 aromatic rings. The lowest BCUT2D eigenvalue weighted by atomic mass is 9.82. The highest BCUT2D eigenvalue weighted by Gasteiger charge is 2.39. The van der Waals surface area contributed by atoms with Crippen molar-refractivity contribution in [2.24, 2.45) is 0 Å². The van der Waals surface area contributed by atoms with Gasteiger partial charge < -0.3 is 15.0 Å². The lowest BCUT2D eigenvalue weighted by molar-refractivity contribution is -0.117. The van der Waals surface area contributed by atoms with Crippen molar-refractivity contribution in [3.63, 3.8) is 0 Å². The van der Waals surface area contributed by atoms with Gasteiger partial charge in [0.2, 0.25) is 0 Å². The van der Waals surface area contributed by atoms with E-state index in [1.54, 1.807) is 0 Å². The van der Waals surface area contributed by atoms with Crippen LogP contribution in [0.1, 0.15) is 32.6 Å². The topological polar surface area (TPSA) is 24.5 Å². The van der Waals surface area contributed by atoms with Crippen LogP contribution in [0.5, 0.6) is 0 Å². The molecule has 1 N–H and O–H groups in total. The van der Waals surface area contributed by atoms with Crippen LogP contribution in [0.3, 0.4) is 0 Å². The van der Waals surface area contributed by atoms with Gasteiger partial charge in [0.1, 0.15) is 0 Å². The lowest BCUT2D eigenvalue weighted by Crippen LogP contribution is -2.52. The largest absolute Gasteiger partial charge is 0.375 e.